The van der Waals surface area contributed by atoms with Crippen molar-refractivity contribution >= 4 is 38.8 Å². The first-order valence-corrected chi connectivity index (χ1v) is 19.5. The molecule has 0 radical (unpaired) electrons. The molecular weight excluding hydrogens is 677 g/mol. The minimum atomic E-state index is 1.17. The Morgan fingerprint density at radius 1 is 0.536 bits per heavy atom. The van der Waals surface area contributed by atoms with Gasteiger partial charge >= 0.3 is 0 Å². The fraction of sp³-hybridized carbons (Fsp3) is 0.111. The zero-order valence-corrected chi connectivity index (χ0v) is 33.8. The van der Waals surface area contributed by atoms with Crippen LogP contribution in [0.4, 0.5) is 11.4 Å². The van der Waals surface area contributed by atoms with Crippen LogP contribution in [0.2, 0.25) is 0 Å². The lowest BCUT2D eigenvalue weighted by atomic mass is 10.0. The van der Waals surface area contributed by atoms with Crippen molar-refractivity contribution in [3.63, 3.8) is 0 Å². The van der Waals surface area contributed by atoms with E-state index in [1.54, 1.807) is 0 Å². The highest BCUT2D eigenvalue weighted by Crippen LogP contribution is 2.35. The van der Waals surface area contributed by atoms with Crippen LogP contribution in [-0.2, 0) is 0 Å². The number of aryl methyl sites for hydroxylation is 1. The molecule has 0 saturated carbocycles. The minimum absolute atomic E-state index is 1.17. The van der Waals surface area contributed by atoms with Crippen molar-refractivity contribution < 1.29 is 0 Å². The molecule has 0 fully saturated rings. The summed E-state index contributed by atoms with van der Waals surface area (Å²) in [4.78, 5) is 2.25. The van der Waals surface area contributed by atoms with Crippen LogP contribution in [-0.4, -0.2) is 11.6 Å². The first-order chi connectivity index (χ1) is 27.6. The van der Waals surface area contributed by atoms with Crippen molar-refractivity contribution in [3.05, 3.63) is 218 Å². The molecule has 8 rings (SSSR count). The number of hydrogen-bond donors (Lipinski definition) is 0. The number of rotatable bonds is 7. The van der Waals surface area contributed by atoms with E-state index in [0.29, 0.717) is 0 Å². The second-order valence-electron chi connectivity index (χ2n) is 13.0. The summed E-state index contributed by atoms with van der Waals surface area (Å²) in [6, 6.07) is 62.5. The van der Waals surface area contributed by atoms with E-state index < -0.39 is 0 Å². The van der Waals surface area contributed by atoms with E-state index in [-0.39, 0.29) is 0 Å². The molecule has 0 aliphatic heterocycles. The number of benzene rings is 7. The van der Waals surface area contributed by atoms with Crippen LogP contribution in [0, 0.1) is 6.92 Å². The van der Waals surface area contributed by atoms with Crippen LogP contribution < -0.4 is 4.90 Å². The van der Waals surface area contributed by atoms with Gasteiger partial charge in [0.25, 0.3) is 0 Å². The number of aromatic nitrogens is 1. The molecule has 0 aliphatic carbocycles. The predicted molar refractivity (Wildman–Crippen MR) is 248 cm³/mol. The molecule has 0 aliphatic rings. The zero-order chi connectivity index (χ0) is 39.9. The van der Waals surface area contributed by atoms with Crippen LogP contribution in [0.3, 0.4) is 0 Å². The highest BCUT2D eigenvalue weighted by molar-refractivity contribution is 6.09. The van der Waals surface area contributed by atoms with E-state index in [2.05, 4.69) is 239 Å². The third kappa shape index (κ3) is 9.17. The SMILES string of the molecule is C/C=C\C(=C/C)c1ccccc1N(C)c1ccc(-c2ccccc2)cc1.C=C.CC.Cc1ccc2c3ccccc3n(-c3ccc(-c4ccccc4)cc3)c2c1. The van der Waals surface area contributed by atoms with Gasteiger partial charge in [-0.25, -0.2) is 0 Å². The van der Waals surface area contributed by atoms with E-state index in [1.165, 1.54) is 77.8 Å². The second-order valence-corrected chi connectivity index (χ2v) is 13.0. The van der Waals surface area contributed by atoms with Gasteiger partial charge in [-0.2, -0.15) is 0 Å². The summed E-state index contributed by atoms with van der Waals surface area (Å²) in [6.45, 7) is 16.3. The Morgan fingerprint density at radius 2 is 1.04 bits per heavy atom. The number of fused-ring (bicyclic) bond motifs is 3. The van der Waals surface area contributed by atoms with Crippen molar-refractivity contribution in [2.24, 2.45) is 0 Å². The van der Waals surface area contributed by atoms with Gasteiger partial charge in [-0.3, -0.25) is 0 Å². The van der Waals surface area contributed by atoms with Gasteiger partial charge in [-0.05, 0) is 96.6 Å². The van der Waals surface area contributed by atoms with Crippen molar-refractivity contribution in [1.29, 1.82) is 0 Å². The van der Waals surface area contributed by atoms with Crippen LogP contribution in [0.5, 0.6) is 0 Å². The quantitative estimate of drug-likeness (QED) is 0.117. The molecule has 0 saturated heterocycles. The van der Waals surface area contributed by atoms with Gasteiger partial charge in [-0.15, -0.1) is 13.2 Å². The third-order valence-electron chi connectivity index (χ3n) is 9.66. The Kier molecular flexibility index (Phi) is 14.6. The van der Waals surface area contributed by atoms with Crippen LogP contribution in [0.15, 0.2) is 207 Å². The standard InChI is InChI=1S/C25H19N.C25H25N.C2H6.C2H4/c1-18-11-16-23-22-9-5-6-10-24(22)26(25(23)17-18)21-14-12-20(13-15-21)19-7-3-2-4-8-19;1-4-11-20(5-2)24-14-9-10-15-25(24)26(3)23-18-16-22(17-19-23)21-12-7-6-8-13-21;2*1-2/h2-17H,1H3;4-19H,1-3H3;1-2H3;1-2H2/b;11-4-,20-5+;;. The fourth-order valence-corrected chi connectivity index (χ4v) is 6.97. The third-order valence-corrected chi connectivity index (χ3v) is 9.66. The highest BCUT2D eigenvalue weighted by atomic mass is 15.1. The largest absolute Gasteiger partial charge is 0.344 e. The van der Waals surface area contributed by atoms with Gasteiger partial charge in [-0.1, -0.05) is 166 Å². The number of anilines is 2. The van der Waals surface area contributed by atoms with E-state index in [0.717, 1.165) is 0 Å². The summed E-state index contributed by atoms with van der Waals surface area (Å²) in [5.41, 5.74) is 14.8. The van der Waals surface area contributed by atoms with E-state index in [9.17, 15) is 0 Å². The molecule has 0 unspecified atom stereocenters. The van der Waals surface area contributed by atoms with Gasteiger partial charge < -0.3 is 9.47 Å². The Balaban J connectivity index is 0.000000197. The maximum absolute atomic E-state index is 3.00. The topological polar surface area (TPSA) is 8.17 Å². The Hall–Kier alpha value is -6.64. The molecule has 8 aromatic rings. The van der Waals surface area contributed by atoms with Gasteiger partial charge in [0.05, 0.1) is 11.0 Å². The summed E-state index contributed by atoms with van der Waals surface area (Å²) < 4.78 is 2.37. The maximum Gasteiger partial charge on any atom is 0.0543 e. The molecule has 0 amide bonds. The molecule has 2 heteroatoms. The average Bonchev–Trinajstić information content (AvgIpc) is 3.61. The normalized spacial score (nSPS) is 10.9. The summed E-state index contributed by atoms with van der Waals surface area (Å²) in [5, 5.41) is 2.60. The van der Waals surface area contributed by atoms with Crippen molar-refractivity contribution in [1.82, 2.24) is 4.57 Å². The fourth-order valence-electron chi connectivity index (χ4n) is 6.97. The molecule has 0 N–H and O–H groups in total. The lowest BCUT2D eigenvalue weighted by Crippen LogP contribution is -2.11. The average molecular weight is 731 g/mol. The minimum Gasteiger partial charge on any atom is -0.344 e. The van der Waals surface area contributed by atoms with E-state index >= 15 is 0 Å². The van der Waals surface area contributed by atoms with E-state index in [1.807, 2.05) is 19.9 Å². The molecule has 7 aromatic carbocycles. The number of para-hydroxylation sites is 2. The second kappa shape index (κ2) is 20.2. The maximum atomic E-state index is 3.00. The Morgan fingerprint density at radius 3 is 1.62 bits per heavy atom. The van der Waals surface area contributed by atoms with Crippen molar-refractivity contribution in [2.75, 3.05) is 11.9 Å². The van der Waals surface area contributed by atoms with E-state index in [4.69, 9.17) is 0 Å². The molecule has 0 bridgehead atoms. The lowest BCUT2D eigenvalue weighted by molar-refractivity contribution is 1.18. The summed E-state index contributed by atoms with van der Waals surface area (Å²) in [6.07, 6.45) is 6.40. The Labute approximate surface area is 335 Å². The molecule has 0 spiro atoms. The van der Waals surface area contributed by atoms with Crippen molar-refractivity contribution in [3.8, 4) is 27.9 Å². The predicted octanol–water partition coefficient (Wildman–Crippen LogP) is 15.7. The first kappa shape index (κ1) is 40.5. The molecule has 2 nitrogen and oxygen atoms in total. The molecule has 1 aromatic heterocycles. The summed E-state index contributed by atoms with van der Waals surface area (Å²) in [7, 11) is 2.12. The number of allylic oxidation sites excluding steroid dienone is 4. The summed E-state index contributed by atoms with van der Waals surface area (Å²) >= 11 is 0. The van der Waals surface area contributed by atoms with Gasteiger partial charge in [0.15, 0.2) is 0 Å². The van der Waals surface area contributed by atoms with Crippen LogP contribution in [0.25, 0.3) is 55.3 Å². The Bertz CT molecular complexity index is 2480. The van der Waals surface area contributed by atoms with Gasteiger partial charge in [0.1, 0.15) is 0 Å². The molecule has 1 heterocycles. The highest BCUT2D eigenvalue weighted by Gasteiger charge is 2.13. The molecule has 280 valence electrons. The first-order valence-electron chi connectivity index (χ1n) is 19.5. The molecule has 0 atom stereocenters. The van der Waals surface area contributed by atoms with Crippen molar-refractivity contribution in [2.45, 2.75) is 34.6 Å². The van der Waals surface area contributed by atoms with Gasteiger partial charge in [0.2, 0.25) is 0 Å². The summed E-state index contributed by atoms with van der Waals surface area (Å²) in [5.74, 6) is 0. The molecular formula is C54H54N2. The van der Waals surface area contributed by atoms with Crippen LogP contribution in [0.1, 0.15) is 38.8 Å². The van der Waals surface area contributed by atoms with Crippen LogP contribution >= 0.6 is 0 Å². The lowest BCUT2D eigenvalue weighted by Gasteiger charge is -2.23. The van der Waals surface area contributed by atoms with Gasteiger partial charge in [0, 0.05) is 40.4 Å². The number of hydrogen-bond acceptors (Lipinski definition) is 1. The molecule has 56 heavy (non-hydrogen) atoms. The zero-order valence-electron chi connectivity index (χ0n) is 33.8. The monoisotopic (exact) mass is 730 g/mol. The number of nitrogens with zero attached hydrogens (tertiary/aromatic N) is 2. The smallest absolute Gasteiger partial charge is 0.0543 e.